The molecule has 2 aliphatic rings. The third-order valence-corrected chi connectivity index (χ3v) is 4.88. The van der Waals surface area contributed by atoms with Crippen LogP contribution in [0.2, 0.25) is 0 Å². The highest BCUT2D eigenvalue weighted by atomic mass is 19.3. The Morgan fingerprint density at radius 1 is 1.24 bits per heavy atom. The van der Waals surface area contributed by atoms with E-state index in [4.69, 9.17) is 0 Å². The topological polar surface area (TPSA) is 23.6 Å². The summed E-state index contributed by atoms with van der Waals surface area (Å²) in [6, 6.07) is -0.470. The predicted molar refractivity (Wildman–Crippen MR) is 79.6 cm³/mol. The Kier molecular flexibility index (Phi) is 5.03. The molecule has 3 nitrogen and oxygen atoms in total. The average Bonchev–Trinajstić information content (AvgIpc) is 2.32. The van der Waals surface area contributed by atoms with Crippen LogP contribution in [0.4, 0.5) is 8.78 Å². The maximum Gasteiger partial charge on any atom is 0.275 e. The van der Waals surface area contributed by atoms with Gasteiger partial charge in [-0.25, -0.2) is 8.78 Å². The van der Waals surface area contributed by atoms with E-state index in [-0.39, 0.29) is 30.2 Å². The van der Waals surface area contributed by atoms with Gasteiger partial charge < -0.3 is 0 Å². The van der Waals surface area contributed by atoms with E-state index in [1.54, 1.807) is 0 Å². The van der Waals surface area contributed by atoms with Gasteiger partial charge in [-0.2, -0.15) is 0 Å². The minimum atomic E-state index is -2.64. The van der Waals surface area contributed by atoms with Gasteiger partial charge in [-0.15, -0.1) is 0 Å². The lowest BCUT2D eigenvalue weighted by Crippen LogP contribution is -2.64. The van der Waals surface area contributed by atoms with Crippen LogP contribution in [-0.2, 0) is 4.79 Å². The molecule has 2 fully saturated rings. The lowest BCUT2D eigenvalue weighted by Gasteiger charge is -2.50. The van der Waals surface area contributed by atoms with Crippen molar-refractivity contribution in [3.63, 3.8) is 0 Å². The highest BCUT2D eigenvalue weighted by Crippen LogP contribution is 2.36. The van der Waals surface area contributed by atoms with Gasteiger partial charge in [0.15, 0.2) is 0 Å². The molecule has 0 aromatic carbocycles. The summed E-state index contributed by atoms with van der Waals surface area (Å²) < 4.78 is 28.6. The Morgan fingerprint density at radius 3 is 2.33 bits per heavy atom. The Balaban J connectivity index is 1.84. The predicted octanol–water partition coefficient (Wildman–Crippen LogP) is 2.65. The van der Waals surface area contributed by atoms with Gasteiger partial charge in [-0.3, -0.25) is 14.6 Å². The normalized spacial score (nSPS) is 28.1. The van der Waals surface area contributed by atoms with E-state index in [1.165, 1.54) is 0 Å². The molecule has 2 heterocycles. The highest BCUT2D eigenvalue weighted by Gasteiger charge is 2.50. The van der Waals surface area contributed by atoms with Crippen molar-refractivity contribution in [3.05, 3.63) is 0 Å². The molecule has 0 aliphatic carbocycles. The molecule has 122 valence electrons. The average molecular weight is 302 g/mol. The first-order valence-electron chi connectivity index (χ1n) is 8.09. The first-order chi connectivity index (χ1) is 9.70. The van der Waals surface area contributed by atoms with Crippen molar-refractivity contribution in [1.29, 1.82) is 0 Å². The Labute approximate surface area is 126 Å². The largest absolute Gasteiger partial charge is 0.299 e. The SMILES string of the molecule is CC(C)C(=O)CC1CN(C2CCN(C(C)C)CC2(F)F)C1. The van der Waals surface area contributed by atoms with Crippen molar-refractivity contribution in [3.8, 4) is 0 Å². The van der Waals surface area contributed by atoms with Crippen LogP contribution in [0.3, 0.4) is 0 Å². The second-order valence-electron chi connectivity index (χ2n) is 7.27. The molecule has 0 saturated carbocycles. The Hall–Kier alpha value is -0.550. The van der Waals surface area contributed by atoms with Gasteiger partial charge in [-0.1, -0.05) is 13.8 Å². The zero-order chi connectivity index (χ0) is 15.8. The summed E-state index contributed by atoms with van der Waals surface area (Å²) in [5, 5.41) is 0. The van der Waals surface area contributed by atoms with Crippen molar-refractivity contribution in [1.82, 2.24) is 9.80 Å². The van der Waals surface area contributed by atoms with Crippen molar-refractivity contribution >= 4 is 5.78 Å². The quantitative estimate of drug-likeness (QED) is 0.780. The number of rotatable bonds is 5. The van der Waals surface area contributed by atoms with Crippen LogP contribution in [0.1, 0.15) is 40.5 Å². The lowest BCUT2D eigenvalue weighted by atomic mass is 9.86. The van der Waals surface area contributed by atoms with Crippen LogP contribution < -0.4 is 0 Å². The molecule has 0 amide bonds. The molecule has 21 heavy (non-hydrogen) atoms. The van der Waals surface area contributed by atoms with Gasteiger partial charge >= 0.3 is 0 Å². The van der Waals surface area contributed by atoms with E-state index in [0.29, 0.717) is 25.9 Å². The van der Waals surface area contributed by atoms with E-state index < -0.39 is 12.0 Å². The highest BCUT2D eigenvalue weighted by molar-refractivity contribution is 5.80. The fourth-order valence-corrected chi connectivity index (χ4v) is 3.36. The summed E-state index contributed by atoms with van der Waals surface area (Å²) in [6.07, 6.45) is 1.07. The van der Waals surface area contributed by atoms with Gasteiger partial charge in [0.05, 0.1) is 12.6 Å². The van der Waals surface area contributed by atoms with Gasteiger partial charge in [0.1, 0.15) is 5.78 Å². The molecule has 0 aromatic rings. The minimum absolute atomic E-state index is 0.0507. The number of piperidine rings is 1. The van der Waals surface area contributed by atoms with Crippen LogP contribution in [0.15, 0.2) is 0 Å². The molecular formula is C16H28F2N2O. The van der Waals surface area contributed by atoms with Crippen LogP contribution in [0.25, 0.3) is 0 Å². The number of carbonyl (C=O) groups is 1. The van der Waals surface area contributed by atoms with Gasteiger partial charge in [0, 0.05) is 38.0 Å². The maximum atomic E-state index is 14.3. The number of alkyl halides is 2. The molecule has 0 aromatic heterocycles. The number of nitrogens with zero attached hydrogens (tertiary/aromatic N) is 2. The molecule has 1 atom stereocenters. The summed E-state index contributed by atoms with van der Waals surface area (Å²) in [6.45, 7) is 9.64. The first kappa shape index (κ1) is 16.8. The van der Waals surface area contributed by atoms with Crippen molar-refractivity contribution in [2.75, 3.05) is 26.2 Å². The van der Waals surface area contributed by atoms with E-state index in [2.05, 4.69) is 0 Å². The number of Topliss-reactive ketones (excluding diaryl/α,β-unsaturated/α-hetero) is 1. The number of hydrogen-bond donors (Lipinski definition) is 0. The number of carbonyl (C=O) groups excluding carboxylic acids is 1. The molecule has 0 radical (unpaired) electrons. The van der Waals surface area contributed by atoms with Crippen molar-refractivity contribution in [2.24, 2.45) is 11.8 Å². The summed E-state index contributed by atoms with van der Waals surface area (Å²) in [5.41, 5.74) is 0. The van der Waals surface area contributed by atoms with Gasteiger partial charge in [0.25, 0.3) is 5.92 Å². The Morgan fingerprint density at radius 2 is 1.86 bits per heavy atom. The molecule has 0 bridgehead atoms. The molecule has 1 unspecified atom stereocenters. The summed E-state index contributed by atoms with van der Waals surface area (Å²) in [7, 11) is 0. The van der Waals surface area contributed by atoms with Crippen LogP contribution in [0, 0.1) is 11.8 Å². The lowest BCUT2D eigenvalue weighted by molar-refractivity contribution is -0.155. The second-order valence-corrected chi connectivity index (χ2v) is 7.27. The molecule has 0 spiro atoms. The van der Waals surface area contributed by atoms with Crippen LogP contribution in [-0.4, -0.2) is 59.8 Å². The van der Waals surface area contributed by atoms with E-state index in [9.17, 15) is 13.6 Å². The third kappa shape index (κ3) is 3.81. The van der Waals surface area contributed by atoms with Crippen LogP contribution in [0.5, 0.6) is 0 Å². The third-order valence-electron chi connectivity index (χ3n) is 4.88. The summed E-state index contributed by atoms with van der Waals surface area (Å²) in [5.74, 6) is -2.06. The van der Waals surface area contributed by atoms with Gasteiger partial charge in [-0.05, 0) is 26.2 Å². The standard InChI is InChI=1S/C16H28F2N2O/c1-11(2)14(21)7-13-8-20(9-13)15-5-6-19(12(3)4)10-16(15,17)18/h11-13,15H,5-10H2,1-4H3. The maximum absolute atomic E-state index is 14.3. The fourth-order valence-electron chi connectivity index (χ4n) is 3.36. The van der Waals surface area contributed by atoms with Gasteiger partial charge in [0.2, 0.25) is 0 Å². The number of hydrogen-bond acceptors (Lipinski definition) is 3. The summed E-state index contributed by atoms with van der Waals surface area (Å²) >= 11 is 0. The minimum Gasteiger partial charge on any atom is -0.299 e. The number of likely N-dealkylation sites (tertiary alicyclic amines) is 2. The van der Waals surface area contributed by atoms with Crippen molar-refractivity contribution in [2.45, 2.75) is 58.5 Å². The molecule has 2 rings (SSSR count). The zero-order valence-electron chi connectivity index (χ0n) is 13.6. The first-order valence-corrected chi connectivity index (χ1v) is 8.09. The molecule has 2 aliphatic heterocycles. The zero-order valence-corrected chi connectivity index (χ0v) is 13.6. The van der Waals surface area contributed by atoms with Crippen LogP contribution >= 0.6 is 0 Å². The molecule has 0 N–H and O–H groups in total. The summed E-state index contributed by atoms with van der Waals surface area (Å²) in [4.78, 5) is 15.4. The van der Waals surface area contributed by atoms with Crippen molar-refractivity contribution < 1.29 is 13.6 Å². The number of ketones is 1. The number of halogens is 2. The fraction of sp³-hybridized carbons (Fsp3) is 0.938. The molecular weight excluding hydrogens is 274 g/mol. The molecule has 5 heteroatoms. The molecule has 2 saturated heterocycles. The van der Waals surface area contributed by atoms with E-state index >= 15 is 0 Å². The smallest absolute Gasteiger partial charge is 0.275 e. The van der Waals surface area contributed by atoms with E-state index in [0.717, 1.165) is 6.54 Å². The van der Waals surface area contributed by atoms with E-state index in [1.807, 2.05) is 37.5 Å². The monoisotopic (exact) mass is 302 g/mol. The Bertz CT molecular complexity index is 378. The second kappa shape index (κ2) is 6.29.